The third-order valence-electron chi connectivity index (χ3n) is 4.29. The normalized spacial score (nSPS) is 28.3. The second-order valence-electron chi connectivity index (χ2n) is 5.59. The van der Waals surface area contributed by atoms with Crippen molar-refractivity contribution in [3.63, 3.8) is 0 Å². The van der Waals surface area contributed by atoms with Crippen molar-refractivity contribution in [2.24, 2.45) is 0 Å². The Labute approximate surface area is 114 Å². The molecule has 0 aromatic heterocycles. The Morgan fingerprint density at radius 1 is 1.32 bits per heavy atom. The molecule has 4 heteroatoms. The van der Waals surface area contributed by atoms with E-state index in [0.717, 1.165) is 31.7 Å². The fourth-order valence-electron chi connectivity index (χ4n) is 3.26. The van der Waals surface area contributed by atoms with E-state index in [1.54, 1.807) is 0 Å². The zero-order chi connectivity index (χ0) is 13.4. The molecule has 0 aliphatic carbocycles. The second kappa shape index (κ2) is 4.94. The van der Waals surface area contributed by atoms with Gasteiger partial charge in [0.15, 0.2) is 0 Å². The van der Waals surface area contributed by atoms with Crippen LogP contribution in [0.3, 0.4) is 0 Å². The van der Waals surface area contributed by atoms with Gasteiger partial charge in [0.25, 0.3) is 0 Å². The lowest BCUT2D eigenvalue weighted by molar-refractivity contribution is -0.146. The molecule has 0 spiro atoms. The molecule has 102 valence electrons. The van der Waals surface area contributed by atoms with Crippen LogP contribution in [0.2, 0.25) is 0 Å². The van der Waals surface area contributed by atoms with Gasteiger partial charge in [0.1, 0.15) is 6.04 Å². The van der Waals surface area contributed by atoms with Crippen molar-refractivity contribution in [3.8, 4) is 0 Å². The van der Waals surface area contributed by atoms with Crippen molar-refractivity contribution in [2.75, 3.05) is 33.2 Å². The van der Waals surface area contributed by atoms with Gasteiger partial charge in [-0.3, -0.25) is 9.69 Å². The molecular formula is C15H21N3O. The molecule has 3 rings (SSSR count). The van der Waals surface area contributed by atoms with Crippen LogP contribution in [-0.2, 0) is 4.79 Å². The predicted octanol–water partition coefficient (Wildman–Crippen LogP) is 0.782. The van der Waals surface area contributed by atoms with E-state index in [4.69, 9.17) is 0 Å². The summed E-state index contributed by atoms with van der Waals surface area (Å²) in [4.78, 5) is 17.0. The van der Waals surface area contributed by atoms with Gasteiger partial charge in [-0.05, 0) is 25.1 Å². The maximum atomic E-state index is 12.8. The van der Waals surface area contributed by atoms with Crippen LogP contribution >= 0.6 is 0 Å². The average Bonchev–Trinajstić information content (AvgIpc) is 2.41. The second-order valence-corrected chi connectivity index (χ2v) is 5.59. The number of aryl methyl sites for hydroxylation is 1. The quantitative estimate of drug-likeness (QED) is 0.809. The first-order valence-electron chi connectivity index (χ1n) is 6.95. The third-order valence-corrected chi connectivity index (χ3v) is 4.29. The number of fused-ring (bicyclic) bond motifs is 1. The van der Waals surface area contributed by atoms with Gasteiger partial charge < -0.3 is 10.2 Å². The highest BCUT2D eigenvalue weighted by Gasteiger charge is 2.40. The summed E-state index contributed by atoms with van der Waals surface area (Å²) < 4.78 is 0. The first kappa shape index (κ1) is 12.6. The van der Waals surface area contributed by atoms with Crippen molar-refractivity contribution in [1.82, 2.24) is 15.1 Å². The largest absolute Gasteiger partial charge is 0.334 e. The molecule has 2 aliphatic heterocycles. The molecule has 0 radical (unpaired) electrons. The van der Waals surface area contributed by atoms with Gasteiger partial charge in [0.2, 0.25) is 5.91 Å². The molecule has 4 nitrogen and oxygen atoms in total. The number of nitrogens with zero attached hydrogens (tertiary/aromatic N) is 2. The molecule has 2 heterocycles. The minimum Gasteiger partial charge on any atom is -0.334 e. The number of rotatable bonds is 1. The lowest BCUT2D eigenvalue weighted by Crippen LogP contribution is -2.63. The number of hydrogen-bond acceptors (Lipinski definition) is 3. The lowest BCUT2D eigenvalue weighted by Gasteiger charge is -2.47. The molecule has 2 saturated heterocycles. The van der Waals surface area contributed by atoms with Crippen LogP contribution in [0.4, 0.5) is 0 Å². The Morgan fingerprint density at radius 3 is 2.89 bits per heavy atom. The summed E-state index contributed by atoms with van der Waals surface area (Å²) in [7, 11) is 2.06. The maximum absolute atomic E-state index is 12.8. The van der Waals surface area contributed by atoms with Crippen LogP contribution in [0.1, 0.15) is 17.2 Å². The molecular weight excluding hydrogens is 238 g/mol. The lowest BCUT2D eigenvalue weighted by atomic mass is 9.95. The number of piperazine rings is 2. The molecule has 0 saturated carbocycles. The molecule has 1 amide bonds. The van der Waals surface area contributed by atoms with Gasteiger partial charge >= 0.3 is 0 Å². The summed E-state index contributed by atoms with van der Waals surface area (Å²) in [5.41, 5.74) is 2.34. The van der Waals surface area contributed by atoms with Gasteiger partial charge in [0.05, 0.1) is 6.04 Å². The number of carbonyl (C=O) groups is 1. The van der Waals surface area contributed by atoms with Crippen molar-refractivity contribution >= 4 is 5.91 Å². The number of nitrogens with one attached hydrogen (secondary N) is 1. The van der Waals surface area contributed by atoms with Gasteiger partial charge in [-0.2, -0.15) is 0 Å². The van der Waals surface area contributed by atoms with E-state index in [0.29, 0.717) is 6.04 Å². The van der Waals surface area contributed by atoms with Crippen molar-refractivity contribution in [3.05, 3.63) is 35.4 Å². The van der Waals surface area contributed by atoms with E-state index < -0.39 is 0 Å². The molecule has 1 aromatic carbocycles. The Balaban J connectivity index is 1.93. The minimum atomic E-state index is -0.115. The standard InChI is InChI=1S/C15H21N3O/c1-11-5-3-4-6-13(11)14-15(19)18-8-7-16-9-12(18)10-17(14)2/h3-6,12,14,16H,7-10H2,1-2H3. The Morgan fingerprint density at radius 2 is 2.11 bits per heavy atom. The zero-order valence-electron chi connectivity index (χ0n) is 11.6. The monoisotopic (exact) mass is 259 g/mol. The molecule has 2 atom stereocenters. The fourth-order valence-corrected chi connectivity index (χ4v) is 3.26. The first-order valence-corrected chi connectivity index (χ1v) is 6.95. The van der Waals surface area contributed by atoms with Crippen LogP contribution in [0.15, 0.2) is 24.3 Å². The predicted molar refractivity (Wildman–Crippen MR) is 74.9 cm³/mol. The summed E-state index contributed by atoms with van der Waals surface area (Å²) in [6.07, 6.45) is 0. The van der Waals surface area contributed by atoms with Gasteiger partial charge in [-0.25, -0.2) is 0 Å². The highest BCUT2D eigenvalue weighted by molar-refractivity contribution is 5.85. The summed E-state index contributed by atoms with van der Waals surface area (Å²) in [6.45, 7) is 5.68. The van der Waals surface area contributed by atoms with Gasteiger partial charge in [-0.1, -0.05) is 24.3 Å². The zero-order valence-corrected chi connectivity index (χ0v) is 11.6. The summed E-state index contributed by atoms with van der Waals surface area (Å²) in [5.74, 6) is 0.259. The van der Waals surface area contributed by atoms with Crippen LogP contribution < -0.4 is 5.32 Å². The number of hydrogen-bond donors (Lipinski definition) is 1. The smallest absolute Gasteiger partial charge is 0.244 e. The fraction of sp³-hybridized carbons (Fsp3) is 0.533. The molecule has 2 aliphatic rings. The van der Waals surface area contributed by atoms with E-state index in [-0.39, 0.29) is 11.9 Å². The van der Waals surface area contributed by atoms with E-state index in [9.17, 15) is 4.79 Å². The summed E-state index contributed by atoms with van der Waals surface area (Å²) >= 11 is 0. The van der Waals surface area contributed by atoms with Gasteiger partial charge in [0, 0.05) is 26.2 Å². The third kappa shape index (κ3) is 2.15. The highest BCUT2D eigenvalue weighted by Crippen LogP contribution is 2.30. The number of carbonyl (C=O) groups excluding carboxylic acids is 1. The number of benzene rings is 1. The molecule has 2 fully saturated rings. The van der Waals surface area contributed by atoms with E-state index >= 15 is 0 Å². The van der Waals surface area contributed by atoms with Crippen molar-refractivity contribution in [2.45, 2.75) is 19.0 Å². The Kier molecular flexibility index (Phi) is 3.29. The number of amides is 1. The summed E-state index contributed by atoms with van der Waals surface area (Å²) in [6, 6.07) is 8.42. The van der Waals surface area contributed by atoms with Gasteiger partial charge in [-0.15, -0.1) is 0 Å². The maximum Gasteiger partial charge on any atom is 0.244 e. The molecule has 1 aromatic rings. The van der Waals surface area contributed by atoms with Crippen molar-refractivity contribution in [1.29, 1.82) is 0 Å². The SMILES string of the molecule is Cc1ccccc1C1C(=O)N2CCNCC2CN1C. The van der Waals surface area contributed by atoms with E-state index in [2.05, 4.69) is 41.2 Å². The number of likely N-dealkylation sites (N-methyl/N-ethyl adjacent to an activating group) is 1. The van der Waals surface area contributed by atoms with E-state index in [1.165, 1.54) is 5.56 Å². The molecule has 0 bridgehead atoms. The first-order chi connectivity index (χ1) is 9.18. The Hall–Kier alpha value is -1.39. The minimum absolute atomic E-state index is 0.115. The molecule has 19 heavy (non-hydrogen) atoms. The van der Waals surface area contributed by atoms with Crippen LogP contribution in [-0.4, -0.2) is 55.0 Å². The van der Waals surface area contributed by atoms with E-state index in [1.807, 2.05) is 12.1 Å². The average molecular weight is 259 g/mol. The van der Waals surface area contributed by atoms with Crippen LogP contribution in [0.5, 0.6) is 0 Å². The molecule has 1 N–H and O–H groups in total. The van der Waals surface area contributed by atoms with Crippen LogP contribution in [0, 0.1) is 6.92 Å². The Bertz CT molecular complexity index is 488. The van der Waals surface area contributed by atoms with Crippen molar-refractivity contribution < 1.29 is 4.79 Å². The van der Waals surface area contributed by atoms with Crippen LogP contribution in [0.25, 0.3) is 0 Å². The highest BCUT2D eigenvalue weighted by atomic mass is 16.2. The summed E-state index contributed by atoms with van der Waals surface area (Å²) in [5, 5.41) is 3.37. The topological polar surface area (TPSA) is 35.6 Å². The molecule has 2 unspecified atom stereocenters.